The van der Waals surface area contributed by atoms with Crippen molar-refractivity contribution in [2.75, 3.05) is 0 Å². The normalized spacial score (nSPS) is 11.1. The van der Waals surface area contributed by atoms with Crippen LogP contribution in [0.15, 0.2) is 60.3 Å². The number of aryl methyl sites for hydroxylation is 1. The number of hydrogen-bond acceptors (Lipinski definition) is 3. The van der Waals surface area contributed by atoms with E-state index in [1.165, 1.54) is 5.56 Å². The molecule has 2 aromatic carbocycles. The number of aromatic amines is 1. The highest BCUT2D eigenvalue weighted by atomic mass is 35.5. The van der Waals surface area contributed by atoms with Crippen LogP contribution in [0.25, 0.3) is 17.3 Å². The Morgan fingerprint density at radius 2 is 1.86 bits per heavy atom. The summed E-state index contributed by atoms with van der Waals surface area (Å²) in [6.45, 7) is 2.41. The number of nitriles is 1. The summed E-state index contributed by atoms with van der Waals surface area (Å²) < 4.78 is 0. The van der Waals surface area contributed by atoms with Crippen molar-refractivity contribution in [2.45, 2.75) is 19.9 Å². The maximum absolute atomic E-state index is 12.4. The van der Waals surface area contributed by atoms with E-state index in [1.54, 1.807) is 24.4 Å². The number of rotatable bonds is 6. The van der Waals surface area contributed by atoms with Crippen LogP contribution in [0.3, 0.4) is 0 Å². The highest BCUT2D eigenvalue weighted by molar-refractivity contribution is 6.30. The van der Waals surface area contributed by atoms with Crippen molar-refractivity contribution in [1.29, 1.82) is 5.26 Å². The second kappa shape index (κ2) is 9.03. The molecule has 3 aromatic rings. The van der Waals surface area contributed by atoms with Crippen LogP contribution in [0.1, 0.15) is 23.6 Å². The van der Waals surface area contributed by atoms with Crippen molar-refractivity contribution in [3.05, 3.63) is 82.0 Å². The minimum absolute atomic E-state index is 0.0155. The summed E-state index contributed by atoms with van der Waals surface area (Å²) in [6, 6.07) is 17.2. The maximum Gasteiger partial charge on any atom is 0.262 e. The molecule has 6 heteroatoms. The molecule has 0 bridgehead atoms. The lowest BCUT2D eigenvalue weighted by Gasteiger charge is -2.05. The van der Waals surface area contributed by atoms with Crippen molar-refractivity contribution in [3.63, 3.8) is 0 Å². The summed E-state index contributed by atoms with van der Waals surface area (Å²) in [5.41, 5.74) is 4.54. The summed E-state index contributed by atoms with van der Waals surface area (Å²) in [4.78, 5) is 12.4. The Kier molecular flexibility index (Phi) is 6.25. The Morgan fingerprint density at radius 1 is 1.18 bits per heavy atom. The standard InChI is InChI=1S/C22H19ClN4O/c1-2-15-3-7-17(8-4-15)21-19(14-26-27-21)11-18(12-24)22(28)25-13-16-5-9-20(23)10-6-16/h3-11,14H,2,13H2,1H3,(H,25,28)(H,26,27). The highest BCUT2D eigenvalue weighted by Gasteiger charge is 2.12. The van der Waals surface area contributed by atoms with Crippen LogP contribution in [-0.4, -0.2) is 16.1 Å². The molecule has 28 heavy (non-hydrogen) atoms. The molecular weight excluding hydrogens is 372 g/mol. The summed E-state index contributed by atoms with van der Waals surface area (Å²) in [6.07, 6.45) is 4.11. The van der Waals surface area contributed by atoms with Crippen molar-refractivity contribution in [3.8, 4) is 17.3 Å². The predicted molar refractivity (Wildman–Crippen MR) is 110 cm³/mol. The van der Waals surface area contributed by atoms with E-state index < -0.39 is 5.91 Å². The number of carbonyl (C=O) groups is 1. The second-order valence-electron chi connectivity index (χ2n) is 6.23. The number of hydrogen-bond donors (Lipinski definition) is 2. The highest BCUT2D eigenvalue weighted by Crippen LogP contribution is 2.23. The van der Waals surface area contributed by atoms with Crippen molar-refractivity contribution >= 4 is 23.6 Å². The molecule has 0 fully saturated rings. The monoisotopic (exact) mass is 390 g/mol. The zero-order valence-electron chi connectivity index (χ0n) is 15.4. The molecule has 0 aliphatic rings. The summed E-state index contributed by atoms with van der Waals surface area (Å²) in [5.74, 6) is -0.439. The van der Waals surface area contributed by atoms with Gasteiger partial charge in [0, 0.05) is 22.7 Å². The smallest absolute Gasteiger partial charge is 0.262 e. The maximum atomic E-state index is 12.4. The number of nitrogens with one attached hydrogen (secondary N) is 2. The molecule has 0 saturated heterocycles. The molecule has 0 saturated carbocycles. The Labute approximate surface area is 168 Å². The summed E-state index contributed by atoms with van der Waals surface area (Å²) >= 11 is 5.86. The largest absolute Gasteiger partial charge is 0.347 e. The minimum atomic E-state index is -0.439. The van der Waals surface area contributed by atoms with Gasteiger partial charge in [-0.05, 0) is 35.8 Å². The molecule has 0 atom stereocenters. The molecular formula is C22H19ClN4O. The SMILES string of the molecule is CCc1ccc(-c2[nH]ncc2C=C(C#N)C(=O)NCc2ccc(Cl)cc2)cc1. The number of carbonyl (C=O) groups excluding carboxylic acids is 1. The van der Waals surface area contributed by atoms with Crippen molar-refractivity contribution < 1.29 is 4.79 Å². The van der Waals surface area contributed by atoms with Crippen LogP contribution < -0.4 is 5.32 Å². The van der Waals surface area contributed by atoms with Crippen LogP contribution in [0.2, 0.25) is 5.02 Å². The van der Waals surface area contributed by atoms with Crippen molar-refractivity contribution in [1.82, 2.24) is 15.5 Å². The van der Waals surface area contributed by atoms with Crippen LogP contribution in [0, 0.1) is 11.3 Å². The Hall–Kier alpha value is -3.36. The Bertz CT molecular complexity index is 1030. The van der Waals surface area contributed by atoms with E-state index in [1.807, 2.05) is 42.5 Å². The van der Waals surface area contributed by atoms with Crippen LogP contribution >= 0.6 is 11.6 Å². The molecule has 5 nitrogen and oxygen atoms in total. The van der Waals surface area contributed by atoms with Gasteiger partial charge in [-0.2, -0.15) is 10.4 Å². The van der Waals surface area contributed by atoms with E-state index in [0.29, 0.717) is 17.1 Å². The number of halogens is 1. The fourth-order valence-corrected chi connectivity index (χ4v) is 2.85. The molecule has 140 valence electrons. The minimum Gasteiger partial charge on any atom is -0.347 e. The lowest BCUT2D eigenvalue weighted by atomic mass is 10.0. The molecule has 0 radical (unpaired) electrons. The predicted octanol–water partition coefficient (Wildman–Crippen LogP) is 4.52. The first kappa shape index (κ1) is 19.4. The van der Waals surface area contributed by atoms with E-state index in [2.05, 4.69) is 22.4 Å². The molecule has 2 N–H and O–H groups in total. The lowest BCUT2D eigenvalue weighted by Crippen LogP contribution is -2.23. The molecule has 0 aliphatic carbocycles. The van der Waals surface area contributed by atoms with E-state index in [-0.39, 0.29) is 5.57 Å². The zero-order chi connectivity index (χ0) is 19.9. The van der Waals surface area contributed by atoms with Gasteiger partial charge in [-0.1, -0.05) is 54.9 Å². The van der Waals surface area contributed by atoms with E-state index >= 15 is 0 Å². The van der Waals surface area contributed by atoms with Gasteiger partial charge >= 0.3 is 0 Å². The third-order valence-corrected chi connectivity index (χ3v) is 4.60. The average Bonchev–Trinajstić information content (AvgIpc) is 3.19. The summed E-state index contributed by atoms with van der Waals surface area (Å²) in [7, 11) is 0. The van der Waals surface area contributed by atoms with Gasteiger partial charge < -0.3 is 5.32 Å². The number of aromatic nitrogens is 2. The number of benzene rings is 2. The molecule has 1 amide bonds. The molecule has 1 heterocycles. The Balaban J connectivity index is 1.77. The van der Waals surface area contributed by atoms with Gasteiger partial charge in [-0.25, -0.2) is 0 Å². The van der Waals surface area contributed by atoms with E-state index in [9.17, 15) is 10.1 Å². The van der Waals surface area contributed by atoms with E-state index in [4.69, 9.17) is 11.6 Å². The van der Waals surface area contributed by atoms with Gasteiger partial charge in [0.15, 0.2) is 0 Å². The Morgan fingerprint density at radius 3 is 2.50 bits per heavy atom. The van der Waals surface area contributed by atoms with Crippen molar-refractivity contribution in [2.24, 2.45) is 0 Å². The first-order valence-corrected chi connectivity index (χ1v) is 9.25. The lowest BCUT2D eigenvalue weighted by molar-refractivity contribution is -0.117. The van der Waals surface area contributed by atoms with Gasteiger partial charge in [0.2, 0.25) is 0 Å². The van der Waals surface area contributed by atoms with Gasteiger partial charge in [0.05, 0.1) is 11.9 Å². The quantitative estimate of drug-likeness (QED) is 0.479. The fourth-order valence-electron chi connectivity index (χ4n) is 2.73. The molecule has 3 rings (SSSR count). The van der Waals surface area contributed by atoms with Crippen LogP contribution in [-0.2, 0) is 17.8 Å². The molecule has 0 aliphatic heterocycles. The van der Waals surface area contributed by atoms with E-state index in [0.717, 1.165) is 23.2 Å². The summed E-state index contributed by atoms with van der Waals surface area (Å²) in [5, 5.41) is 19.8. The van der Waals surface area contributed by atoms with Gasteiger partial charge in [0.1, 0.15) is 11.6 Å². The molecule has 0 unspecified atom stereocenters. The van der Waals surface area contributed by atoms with Gasteiger partial charge in [0.25, 0.3) is 5.91 Å². The first-order chi connectivity index (χ1) is 13.6. The molecule has 0 spiro atoms. The number of nitrogens with zero attached hydrogens (tertiary/aromatic N) is 2. The number of H-pyrrole nitrogens is 1. The zero-order valence-corrected chi connectivity index (χ0v) is 16.1. The van der Waals surface area contributed by atoms with Crippen LogP contribution in [0.5, 0.6) is 0 Å². The fraction of sp³-hybridized carbons (Fsp3) is 0.136. The third kappa shape index (κ3) is 4.67. The topological polar surface area (TPSA) is 81.6 Å². The second-order valence-corrected chi connectivity index (χ2v) is 6.67. The number of amides is 1. The third-order valence-electron chi connectivity index (χ3n) is 4.35. The van der Waals surface area contributed by atoms with Crippen LogP contribution in [0.4, 0.5) is 0 Å². The molecule has 1 aromatic heterocycles. The van der Waals surface area contributed by atoms with Gasteiger partial charge in [-0.3, -0.25) is 9.89 Å². The first-order valence-electron chi connectivity index (χ1n) is 8.88. The van der Waals surface area contributed by atoms with Gasteiger partial charge in [-0.15, -0.1) is 0 Å². The average molecular weight is 391 g/mol.